The summed E-state index contributed by atoms with van der Waals surface area (Å²) in [5, 5.41) is 10.6. The highest BCUT2D eigenvalue weighted by atomic mass is 32.2. The highest BCUT2D eigenvalue weighted by Gasteiger charge is 2.32. The molecule has 1 aromatic rings. The fourth-order valence-electron chi connectivity index (χ4n) is 2.06. The fourth-order valence-corrected chi connectivity index (χ4v) is 3.00. The van der Waals surface area contributed by atoms with E-state index in [0.717, 1.165) is 35.2 Å². The van der Waals surface area contributed by atoms with E-state index < -0.39 is 39.8 Å². The summed E-state index contributed by atoms with van der Waals surface area (Å²) in [6, 6.07) is 4.16. The molecule has 0 bridgehead atoms. The van der Waals surface area contributed by atoms with Gasteiger partial charge in [-0.3, -0.25) is 19.2 Å². The van der Waals surface area contributed by atoms with Crippen LogP contribution in [0.3, 0.4) is 0 Å². The first-order chi connectivity index (χ1) is 12.7. The molecule has 0 saturated carbocycles. The lowest BCUT2D eigenvalue weighted by atomic mass is 10.3. The summed E-state index contributed by atoms with van der Waals surface area (Å²) in [4.78, 5) is 33.7. The quantitative estimate of drug-likeness (QED) is 0.207. The Morgan fingerprint density at radius 1 is 1.41 bits per heavy atom. The molecule has 1 aliphatic heterocycles. The van der Waals surface area contributed by atoms with Gasteiger partial charge in [-0.25, -0.2) is 9.59 Å². The van der Waals surface area contributed by atoms with E-state index in [1.54, 1.807) is 6.92 Å². The molecule has 0 aliphatic carbocycles. The van der Waals surface area contributed by atoms with Crippen LogP contribution in [-0.4, -0.2) is 56.2 Å². The zero-order chi connectivity index (χ0) is 20.0. The van der Waals surface area contributed by atoms with Crippen LogP contribution in [0, 0.1) is 10.1 Å². The molecule has 0 spiro atoms. The third-order valence-electron chi connectivity index (χ3n) is 3.32. The Morgan fingerprint density at radius 2 is 2.07 bits per heavy atom. The number of carbonyl (C=O) groups is 2. The number of hydrogen-bond donors (Lipinski definition) is 0. The molecule has 1 atom stereocenters. The van der Waals surface area contributed by atoms with Gasteiger partial charge in [0.1, 0.15) is 12.7 Å². The number of nitro benzene ring substituents is 1. The second-order valence-corrected chi connectivity index (χ2v) is 6.83. The molecular formula is C15H16N2O9S. The second-order valence-electron chi connectivity index (χ2n) is 5.22. The van der Waals surface area contributed by atoms with E-state index in [2.05, 4.69) is 4.74 Å². The molecule has 1 heterocycles. The van der Waals surface area contributed by atoms with Crippen molar-refractivity contribution in [2.75, 3.05) is 19.8 Å². The van der Waals surface area contributed by atoms with E-state index in [0.29, 0.717) is 0 Å². The van der Waals surface area contributed by atoms with Crippen LogP contribution in [0.25, 0.3) is 0 Å². The Bertz CT molecular complexity index is 849. The number of non-ortho nitro benzene ring substituents is 1. The first-order valence-corrected chi connectivity index (χ1v) is 9.10. The number of amides is 1. The van der Waals surface area contributed by atoms with Crippen LogP contribution in [0.15, 0.2) is 41.4 Å². The molecule has 11 nitrogen and oxygen atoms in total. The average Bonchev–Trinajstić information content (AvgIpc) is 2.98. The third kappa shape index (κ3) is 5.49. The van der Waals surface area contributed by atoms with E-state index in [1.165, 1.54) is 6.20 Å². The van der Waals surface area contributed by atoms with Gasteiger partial charge in [-0.05, 0) is 19.1 Å². The molecule has 0 aromatic heterocycles. The molecule has 0 radical (unpaired) electrons. The molecule has 1 aromatic carbocycles. The van der Waals surface area contributed by atoms with Gasteiger partial charge in [-0.1, -0.05) is 0 Å². The van der Waals surface area contributed by atoms with Gasteiger partial charge in [0, 0.05) is 24.4 Å². The fraction of sp³-hybridized carbons (Fsp3) is 0.333. The van der Waals surface area contributed by atoms with Gasteiger partial charge in [0.25, 0.3) is 15.8 Å². The maximum absolute atomic E-state index is 12.1. The van der Waals surface area contributed by atoms with Crippen LogP contribution < -0.4 is 0 Å². The van der Waals surface area contributed by atoms with Crippen molar-refractivity contribution in [3.63, 3.8) is 0 Å². The first kappa shape index (κ1) is 20.3. The largest absolute Gasteiger partial charge is 0.463 e. The minimum absolute atomic E-state index is 0.0233. The van der Waals surface area contributed by atoms with Gasteiger partial charge in [-0.2, -0.15) is 8.42 Å². The predicted octanol–water partition coefficient (Wildman–Crippen LogP) is 1.20. The summed E-state index contributed by atoms with van der Waals surface area (Å²) in [5.74, 6) is -0.634. The second kappa shape index (κ2) is 8.60. The van der Waals surface area contributed by atoms with Gasteiger partial charge in [0.15, 0.2) is 0 Å². The lowest BCUT2D eigenvalue weighted by Gasteiger charge is -2.09. The smallest absolute Gasteiger partial charge is 0.414 e. The maximum Gasteiger partial charge on any atom is 0.414 e. The minimum Gasteiger partial charge on any atom is -0.463 e. The summed E-state index contributed by atoms with van der Waals surface area (Å²) in [7, 11) is -4.18. The summed E-state index contributed by atoms with van der Waals surface area (Å²) in [6.45, 7) is 1.35. The zero-order valence-electron chi connectivity index (χ0n) is 14.1. The van der Waals surface area contributed by atoms with Crippen molar-refractivity contribution in [1.82, 2.24) is 4.90 Å². The van der Waals surface area contributed by atoms with Crippen molar-refractivity contribution >= 4 is 27.9 Å². The van der Waals surface area contributed by atoms with E-state index in [1.807, 2.05) is 0 Å². The van der Waals surface area contributed by atoms with Crippen molar-refractivity contribution < 1.29 is 36.6 Å². The topological polar surface area (TPSA) is 142 Å². The van der Waals surface area contributed by atoms with Crippen LogP contribution in [0.4, 0.5) is 10.5 Å². The number of cyclic esters (lactones) is 1. The van der Waals surface area contributed by atoms with Crippen molar-refractivity contribution in [2.24, 2.45) is 0 Å². The number of esters is 1. The molecule has 146 valence electrons. The van der Waals surface area contributed by atoms with Gasteiger partial charge >= 0.3 is 12.1 Å². The standard InChI is InChI=1S/C15H16N2O9S/c1-2-24-14(18)7-8-16-9-12(26-15(16)19)10-25-27(22,23)13-5-3-11(4-6-13)17(20)21/h3-8,12H,2,9-10H2,1H3/t12-/m0/s1. The van der Waals surface area contributed by atoms with Crippen LogP contribution >= 0.6 is 0 Å². The molecule has 1 fully saturated rings. The van der Waals surface area contributed by atoms with Crippen molar-refractivity contribution in [1.29, 1.82) is 0 Å². The van der Waals surface area contributed by atoms with E-state index in [9.17, 15) is 28.1 Å². The summed E-state index contributed by atoms with van der Waals surface area (Å²) in [5.41, 5.74) is -0.261. The van der Waals surface area contributed by atoms with Crippen molar-refractivity contribution in [3.8, 4) is 0 Å². The molecule has 27 heavy (non-hydrogen) atoms. The lowest BCUT2D eigenvalue weighted by molar-refractivity contribution is -0.384. The monoisotopic (exact) mass is 400 g/mol. The first-order valence-electron chi connectivity index (χ1n) is 7.69. The van der Waals surface area contributed by atoms with E-state index in [4.69, 9.17) is 8.92 Å². The molecule has 12 heteroatoms. The minimum atomic E-state index is -4.18. The average molecular weight is 400 g/mol. The normalized spacial score (nSPS) is 17.1. The zero-order valence-corrected chi connectivity index (χ0v) is 15.0. The van der Waals surface area contributed by atoms with Crippen molar-refractivity contribution in [3.05, 3.63) is 46.7 Å². The molecule has 1 amide bonds. The Morgan fingerprint density at radius 3 is 2.67 bits per heavy atom. The molecule has 0 unspecified atom stereocenters. The maximum atomic E-state index is 12.1. The van der Waals surface area contributed by atoms with E-state index in [-0.39, 0.29) is 23.7 Å². The number of carbonyl (C=O) groups excluding carboxylic acids is 2. The lowest BCUT2D eigenvalue weighted by Crippen LogP contribution is -2.23. The predicted molar refractivity (Wildman–Crippen MR) is 89.0 cm³/mol. The number of ether oxygens (including phenoxy) is 2. The van der Waals surface area contributed by atoms with Crippen LogP contribution in [0.5, 0.6) is 0 Å². The highest BCUT2D eigenvalue weighted by molar-refractivity contribution is 7.86. The number of nitrogens with zero attached hydrogens (tertiary/aromatic N) is 2. The number of hydrogen-bond acceptors (Lipinski definition) is 9. The summed E-state index contributed by atoms with van der Waals surface area (Å²) in [6.07, 6.45) is 0.571. The molecule has 1 saturated heterocycles. The third-order valence-corrected chi connectivity index (χ3v) is 4.62. The van der Waals surface area contributed by atoms with Crippen LogP contribution in [-0.2, 0) is 28.6 Å². The Labute approximate surface area is 154 Å². The number of rotatable bonds is 8. The van der Waals surface area contributed by atoms with Crippen molar-refractivity contribution in [2.45, 2.75) is 17.9 Å². The van der Waals surface area contributed by atoms with E-state index >= 15 is 0 Å². The van der Waals surface area contributed by atoms with Crippen LogP contribution in [0.2, 0.25) is 0 Å². The SMILES string of the molecule is CCOC(=O)C=CN1C[C@@H](COS(=O)(=O)c2ccc([N+](=O)[O-])cc2)OC1=O. The summed E-state index contributed by atoms with van der Waals surface area (Å²) < 4.78 is 38.7. The highest BCUT2D eigenvalue weighted by Crippen LogP contribution is 2.19. The molecule has 0 N–H and O–H groups in total. The molecular weight excluding hydrogens is 384 g/mol. The Kier molecular flexibility index (Phi) is 6.47. The Balaban J connectivity index is 1.93. The molecule has 1 aliphatic rings. The molecule has 2 rings (SSSR count). The number of benzene rings is 1. The van der Waals surface area contributed by atoms with Gasteiger partial charge in [0.2, 0.25) is 0 Å². The van der Waals surface area contributed by atoms with Gasteiger partial charge in [0.05, 0.1) is 23.0 Å². The van der Waals surface area contributed by atoms with Gasteiger partial charge in [-0.15, -0.1) is 0 Å². The Hall–Kier alpha value is -2.99. The number of nitro groups is 1. The van der Waals surface area contributed by atoms with Crippen LogP contribution in [0.1, 0.15) is 6.92 Å². The summed E-state index contributed by atoms with van der Waals surface area (Å²) >= 11 is 0. The van der Waals surface area contributed by atoms with Gasteiger partial charge < -0.3 is 9.47 Å².